The Morgan fingerprint density at radius 2 is 1.86 bits per heavy atom. The second-order valence-corrected chi connectivity index (χ2v) is 6.66. The molecule has 0 aliphatic carbocycles. The number of rotatable bonds is 6. The van der Waals surface area contributed by atoms with Crippen molar-refractivity contribution in [3.63, 3.8) is 0 Å². The minimum absolute atomic E-state index is 0.0207. The minimum Gasteiger partial charge on any atom is -0.475 e. The van der Waals surface area contributed by atoms with Crippen molar-refractivity contribution in [3.05, 3.63) is 71.5 Å². The number of anilines is 1. The SMILES string of the molecule is Cc1cccc(Oc2ncccc2NC(=O)c2ccc(OC(C)C)nc2)c1C. The maximum Gasteiger partial charge on any atom is 0.257 e. The Labute approximate surface area is 164 Å². The molecule has 1 amide bonds. The van der Waals surface area contributed by atoms with Gasteiger partial charge < -0.3 is 14.8 Å². The van der Waals surface area contributed by atoms with Gasteiger partial charge >= 0.3 is 0 Å². The van der Waals surface area contributed by atoms with Crippen molar-refractivity contribution in [2.75, 3.05) is 5.32 Å². The van der Waals surface area contributed by atoms with Crippen molar-refractivity contribution in [1.29, 1.82) is 0 Å². The van der Waals surface area contributed by atoms with E-state index in [1.807, 2.05) is 45.9 Å². The third kappa shape index (κ3) is 4.65. The van der Waals surface area contributed by atoms with Crippen LogP contribution < -0.4 is 14.8 Å². The fourth-order valence-corrected chi connectivity index (χ4v) is 2.53. The average molecular weight is 377 g/mol. The van der Waals surface area contributed by atoms with Gasteiger partial charge in [0.25, 0.3) is 5.91 Å². The summed E-state index contributed by atoms with van der Waals surface area (Å²) in [5.41, 5.74) is 3.04. The van der Waals surface area contributed by atoms with Crippen molar-refractivity contribution in [2.24, 2.45) is 0 Å². The van der Waals surface area contributed by atoms with Gasteiger partial charge in [-0.1, -0.05) is 12.1 Å². The Hall–Kier alpha value is -3.41. The number of ether oxygens (including phenoxy) is 2. The van der Waals surface area contributed by atoms with E-state index in [0.717, 1.165) is 11.1 Å². The topological polar surface area (TPSA) is 73.3 Å². The highest BCUT2D eigenvalue weighted by molar-refractivity contribution is 6.04. The van der Waals surface area contributed by atoms with Gasteiger partial charge in [0.05, 0.1) is 11.7 Å². The Morgan fingerprint density at radius 3 is 2.57 bits per heavy atom. The molecule has 0 bridgehead atoms. The molecule has 2 heterocycles. The Morgan fingerprint density at radius 1 is 1.04 bits per heavy atom. The molecule has 1 N–H and O–H groups in total. The summed E-state index contributed by atoms with van der Waals surface area (Å²) in [4.78, 5) is 21.0. The number of aryl methyl sites for hydroxylation is 1. The van der Waals surface area contributed by atoms with Crippen LogP contribution in [0.2, 0.25) is 0 Å². The van der Waals surface area contributed by atoms with E-state index >= 15 is 0 Å². The number of nitrogens with one attached hydrogen (secondary N) is 1. The molecule has 0 aliphatic rings. The lowest BCUT2D eigenvalue weighted by molar-refractivity contribution is 0.102. The van der Waals surface area contributed by atoms with Gasteiger partial charge in [0.15, 0.2) is 0 Å². The molecule has 6 nitrogen and oxygen atoms in total. The van der Waals surface area contributed by atoms with Gasteiger partial charge in [0.1, 0.15) is 11.4 Å². The lowest BCUT2D eigenvalue weighted by Gasteiger charge is -2.13. The highest BCUT2D eigenvalue weighted by Gasteiger charge is 2.13. The van der Waals surface area contributed by atoms with E-state index in [9.17, 15) is 4.79 Å². The van der Waals surface area contributed by atoms with Crippen LogP contribution >= 0.6 is 0 Å². The summed E-state index contributed by atoms with van der Waals surface area (Å²) in [7, 11) is 0. The molecule has 0 saturated carbocycles. The highest BCUT2D eigenvalue weighted by Crippen LogP contribution is 2.30. The predicted molar refractivity (Wildman–Crippen MR) is 108 cm³/mol. The number of amides is 1. The summed E-state index contributed by atoms with van der Waals surface area (Å²) < 4.78 is 11.5. The van der Waals surface area contributed by atoms with Crippen LogP contribution in [0, 0.1) is 13.8 Å². The van der Waals surface area contributed by atoms with Crippen LogP contribution in [0.4, 0.5) is 5.69 Å². The molecule has 144 valence electrons. The lowest BCUT2D eigenvalue weighted by Crippen LogP contribution is -2.14. The van der Waals surface area contributed by atoms with Crippen LogP contribution in [0.15, 0.2) is 54.9 Å². The summed E-state index contributed by atoms with van der Waals surface area (Å²) in [6.07, 6.45) is 3.12. The normalized spacial score (nSPS) is 10.6. The third-order valence-electron chi connectivity index (χ3n) is 4.14. The summed E-state index contributed by atoms with van der Waals surface area (Å²) >= 11 is 0. The largest absolute Gasteiger partial charge is 0.475 e. The molecule has 0 atom stereocenters. The number of carbonyl (C=O) groups excluding carboxylic acids is 1. The molecule has 2 aromatic heterocycles. The molecule has 0 aliphatic heterocycles. The van der Waals surface area contributed by atoms with Crippen molar-refractivity contribution in [1.82, 2.24) is 9.97 Å². The van der Waals surface area contributed by atoms with E-state index in [1.54, 1.807) is 30.5 Å². The fourth-order valence-electron chi connectivity index (χ4n) is 2.53. The predicted octanol–water partition coefficient (Wildman–Crippen LogP) is 4.93. The van der Waals surface area contributed by atoms with Crippen molar-refractivity contribution in [2.45, 2.75) is 33.8 Å². The molecule has 0 radical (unpaired) electrons. The molecular weight excluding hydrogens is 354 g/mol. The maximum atomic E-state index is 12.6. The molecule has 3 rings (SSSR count). The molecule has 6 heteroatoms. The Balaban J connectivity index is 1.77. The zero-order valence-corrected chi connectivity index (χ0v) is 16.4. The van der Waals surface area contributed by atoms with Gasteiger partial charge in [0, 0.05) is 18.5 Å². The first-order valence-electron chi connectivity index (χ1n) is 9.07. The van der Waals surface area contributed by atoms with E-state index in [1.165, 1.54) is 6.20 Å². The molecular formula is C22H23N3O3. The van der Waals surface area contributed by atoms with E-state index in [4.69, 9.17) is 9.47 Å². The summed E-state index contributed by atoms with van der Waals surface area (Å²) in [6, 6.07) is 12.6. The molecule has 0 spiro atoms. The van der Waals surface area contributed by atoms with Crippen LogP contribution in [-0.4, -0.2) is 22.0 Å². The van der Waals surface area contributed by atoms with Crippen LogP contribution in [0.25, 0.3) is 0 Å². The standard InChI is InChI=1S/C22H23N3O3/c1-14(2)27-20-11-10-17(13-24-20)21(26)25-18-8-6-12-23-22(18)28-19-9-5-7-15(3)16(19)4/h5-14H,1-4H3,(H,25,26). The first-order valence-corrected chi connectivity index (χ1v) is 9.07. The average Bonchev–Trinajstić information content (AvgIpc) is 2.67. The molecule has 0 saturated heterocycles. The number of pyridine rings is 2. The highest BCUT2D eigenvalue weighted by atomic mass is 16.5. The number of nitrogens with zero attached hydrogens (tertiary/aromatic N) is 2. The number of carbonyl (C=O) groups is 1. The van der Waals surface area contributed by atoms with E-state index < -0.39 is 0 Å². The summed E-state index contributed by atoms with van der Waals surface area (Å²) in [6.45, 7) is 7.84. The number of hydrogen-bond acceptors (Lipinski definition) is 5. The van der Waals surface area contributed by atoms with Crippen LogP contribution in [0.3, 0.4) is 0 Å². The van der Waals surface area contributed by atoms with Gasteiger partial charge in [-0.15, -0.1) is 0 Å². The van der Waals surface area contributed by atoms with Gasteiger partial charge in [-0.3, -0.25) is 4.79 Å². The Kier molecular flexibility index (Phi) is 5.89. The van der Waals surface area contributed by atoms with Crippen LogP contribution in [0.5, 0.6) is 17.5 Å². The smallest absolute Gasteiger partial charge is 0.257 e. The van der Waals surface area contributed by atoms with Crippen molar-refractivity contribution < 1.29 is 14.3 Å². The molecule has 3 aromatic rings. The Bertz CT molecular complexity index is 969. The maximum absolute atomic E-state index is 12.6. The minimum atomic E-state index is -0.303. The fraction of sp³-hybridized carbons (Fsp3) is 0.227. The lowest BCUT2D eigenvalue weighted by atomic mass is 10.1. The van der Waals surface area contributed by atoms with Crippen molar-refractivity contribution >= 4 is 11.6 Å². The molecule has 1 aromatic carbocycles. The quantitative estimate of drug-likeness (QED) is 0.660. The number of aromatic nitrogens is 2. The van der Waals surface area contributed by atoms with E-state index in [2.05, 4.69) is 15.3 Å². The van der Waals surface area contributed by atoms with Gasteiger partial charge in [-0.2, -0.15) is 0 Å². The summed E-state index contributed by atoms with van der Waals surface area (Å²) in [5.74, 6) is 1.21. The first-order chi connectivity index (χ1) is 13.4. The molecule has 0 fully saturated rings. The van der Waals surface area contributed by atoms with E-state index in [-0.39, 0.29) is 12.0 Å². The van der Waals surface area contributed by atoms with Crippen molar-refractivity contribution in [3.8, 4) is 17.5 Å². The first kappa shape index (κ1) is 19.4. The zero-order valence-electron chi connectivity index (χ0n) is 16.4. The molecule has 28 heavy (non-hydrogen) atoms. The van der Waals surface area contributed by atoms with Gasteiger partial charge in [-0.05, 0) is 63.1 Å². The van der Waals surface area contributed by atoms with Gasteiger partial charge in [-0.25, -0.2) is 9.97 Å². The second-order valence-electron chi connectivity index (χ2n) is 6.66. The van der Waals surface area contributed by atoms with Crippen LogP contribution in [-0.2, 0) is 0 Å². The number of benzene rings is 1. The zero-order chi connectivity index (χ0) is 20.1. The van der Waals surface area contributed by atoms with Gasteiger partial charge in [0.2, 0.25) is 11.8 Å². The summed E-state index contributed by atoms with van der Waals surface area (Å²) in [5, 5.41) is 2.83. The third-order valence-corrected chi connectivity index (χ3v) is 4.14. The second kappa shape index (κ2) is 8.52. The van der Waals surface area contributed by atoms with Crippen LogP contribution in [0.1, 0.15) is 35.3 Å². The monoisotopic (exact) mass is 377 g/mol. The number of hydrogen-bond donors (Lipinski definition) is 1. The molecule has 0 unspecified atom stereocenters. The van der Waals surface area contributed by atoms with E-state index in [0.29, 0.717) is 28.8 Å².